The van der Waals surface area contributed by atoms with Crippen LogP contribution in [0.2, 0.25) is 0 Å². The smallest absolute Gasteiger partial charge is 0.331 e. The van der Waals surface area contributed by atoms with E-state index in [1.165, 1.54) is 35.2 Å². The highest BCUT2D eigenvalue weighted by atomic mass is 19.4. The largest absolute Gasteiger partial charge is 0.416 e. The van der Waals surface area contributed by atoms with Crippen molar-refractivity contribution in [3.05, 3.63) is 89.3 Å². The van der Waals surface area contributed by atoms with Crippen LogP contribution in [0.15, 0.2) is 60.9 Å². The van der Waals surface area contributed by atoms with E-state index in [1.807, 2.05) is 0 Å². The molecule has 0 N–H and O–H groups in total. The van der Waals surface area contributed by atoms with Crippen LogP contribution in [-0.4, -0.2) is 26.9 Å². The summed E-state index contributed by atoms with van der Waals surface area (Å²) < 4.78 is 53.3. The number of rotatable bonds is 6. The number of aromatic nitrogens is 2. The summed E-state index contributed by atoms with van der Waals surface area (Å²) in [5.74, 6) is -0.233. The van der Waals surface area contributed by atoms with Gasteiger partial charge < -0.3 is 9.47 Å². The number of benzene rings is 2. The first-order chi connectivity index (χ1) is 13.8. The summed E-state index contributed by atoms with van der Waals surface area (Å²) in [5, 5.41) is 0. The second kappa shape index (κ2) is 8.46. The van der Waals surface area contributed by atoms with Gasteiger partial charge in [-0.15, -0.1) is 0 Å². The molecule has 152 valence electrons. The lowest BCUT2D eigenvalue weighted by atomic mass is 10.1. The molecule has 1 amide bonds. The lowest BCUT2D eigenvalue weighted by molar-refractivity contribution is -0.137. The van der Waals surface area contributed by atoms with E-state index in [0.29, 0.717) is 24.5 Å². The van der Waals surface area contributed by atoms with Gasteiger partial charge in [0.15, 0.2) is 0 Å². The number of amides is 1. The number of carbonyl (C=O) groups excluding carboxylic acids is 1. The fourth-order valence-electron chi connectivity index (χ4n) is 2.93. The van der Waals surface area contributed by atoms with Gasteiger partial charge in [-0.2, -0.15) is 13.2 Å². The maximum Gasteiger partial charge on any atom is 0.416 e. The maximum absolute atomic E-state index is 13.4. The number of imidazole rings is 1. The Morgan fingerprint density at radius 1 is 1.14 bits per heavy atom. The van der Waals surface area contributed by atoms with Crippen LogP contribution in [0.5, 0.6) is 0 Å². The van der Waals surface area contributed by atoms with Crippen LogP contribution in [-0.2, 0) is 19.3 Å². The van der Waals surface area contributed by atoms with Crippen molar-refractivity contribution in [3.8, 4) is 0 Å². The zero-order valence-corrected chi connectivity index (χ0v) is 15.7. The van der Waals surface area contributed by atoms with Crippen LogP contribution in [0.4, 0.5) is 17.6 Å². The molecule has 3 aromatic rings. The van der Waals surface area contributed by atoms with E-state index >= 15 is 0 Å². The Morgan fingerprint density at radius 3 is 2.48 bits per heavy atom. The predicted octanol–water partition coefficient (Wildman–Crippen LogP) is 4.75. The fraction of sp³-hybridized carbons (Fsp3) is 0.238. The number of carbonyl (C=O) groups is 1. The monoisotopic (exact) mass is 405 g/mol. The van der Waals surface area contributed by atoms with E-state index in [2.05, 4.69) is 4.98 Å². The Kier molecular flexibility index (Phi) is 6.00. The molecule has 0 saturated carbocycles. The molecular formula is C21H19F4N3O. The molecule has 8 heteroatoms. The lowest BCUT2D eigenvalue weighted by Gasteiger charge is -2.21. The van der Waals surface area contributed by atoms with Crippen LogP contribution in [0.25, 0.3) is 0 Å². The van der Waals surface area contributed by atoms with E-state index in [0.717, 1.165) is 12.1 Å². The quantitative estimate of drug-likeness (QED) is 0.555. The molecular weight excluding hydrogens is 386 g/mol. The molecule has 4 nitrogen and oxygen atoms in total. The van der Waals surface area contributed by atoms with Gasteiger partial charge >= 0.3 is 6.18 Å². The lowest BCUT2D eigenvalue weighted by Crippen LogP contribution is -2.31. The molecule has 1 heterocycles. The van der Waals surface area contributed by atoms with Gasteiger partial charge in [0.25, 0.3) is 5.91 Å². The van der Waals surface area contributed by atoms with Crippen molar-refractivity contribution in [3.63, 3.8) is 0 Å². The van der Waals surface area contributed by atoms with E-state index in [9.17, 15) is 22.4 Å². The molecule has 0 fully saturated rings. The number of alkyl halides is 3. The van der Waals surface area contributed by atoms with E-state index in [-0.39, 0.29) is 18.0 Å². The first-order valence-electron chi connectivity index (χ1n) is 8.99. The van der Waals surface area contributed by atoms with Gasteiger partial charge in [-0.1, -0.05) is 18.2 Å². The van der Waals surface area contributed by atoms with Crippen molar-refractivity contribution in [2.75, 3.05) is 6.54 Å². The highest BCUT2D eigenvalue weighted by Crippen LogP contribution is 2.29. The normalized spacial score (nSPS) is 11.5. The van der Waals surface area contributed by atoms with Gasteiger partial charge in [0.05, 0.1) is 12.1 Å². The molecule has 0 aliphatic rings. The van der Waals surface area contributed by atoms with Crippen LogP contribution in [0.3, 0.4) is 0 Å². The van der Waals surface area contributed by atoms with Crippen molar-refractivity contribution in [2.45, 2.75) is 26.2 Å². The molecule has 0 saturated heterocycles. The third kappa shape index (κ3) is 5.01. The zero-order valence-electron chi connectivity index (χ0n) is 15.7. The number of halogens is 4. The summed E-state index contributed by atoms with van der Waals surface area (Å²) in [6, 6.07) is 10.4. The summed E-state index contributed by atoms with van der Waals surface area (Å²) >= 11 is 0. The summed E-state index contributed by atoms with van der Waals surface area (Å²) in [6.07, 6.45) is -1.11. The summed E-state index contributed by atoms with van der Waals surface area (Å²) in [7, 11) is 0. The minimum atomic E-state index is -4.38. The Hall–Kier alpha value is -3.16. The van der Waals surface area contributed by atoms with Crippen molar-refractivity contribution >= 4 is 5.91 Å². The average Bonchev–Trinajstić information content (AvgIpc) is 3.12. The van der Waals surface area contributed by atoms with Crippen LogP contribution < -0.4 is 0 Å². The molecule has 0 atom stereocenters. The van der Waals surface area contributed by atoms with Crippen molar-refractivity contribution in [1.82, 2.24) is 14.5 Å². The third-order valence-corrected chi connectivity index (χ3v) is 4.51. The van der Waals surface area contributed by atoms with Gasteiger partial charge in [-0.3, -0.25) is 4.79 Å². The minimum Gasteiger partial charge on any atom is -0.331 e. The van der Waals surface area contributed by atoms with Crippen molar-refractivity contribution in [1.29, 1.82) is 0 Å². The molecule has 0 aliphatic carbocycles. The Labute approximate surface area is 165 Å². The Bertz CT molecular complexity index is 980. The molecule has 0 spiro atoms. The van der Waals surface area contributed by atoms with E-state index in [1.54, 1.807) is 30.0 Å². The van der Waals surface area contributed by atoms with Gasteiger partial charge in [-0.05, 0) is 42.8 Å². The molecule has 2 aromatic carbocycles. The summed E-state index contributed by atoms with van der Waals surface area (Å²) in [4.78, 5) is 18.5. The van der Waals surface area contributed by atoms with Gasteiger partial charge in [0, 0.05) is 31.0 Å². The topological polar surface area (TPSA) is 38.1 Å². The number of hydrogen-bond acceptors (Lipinski definition) is 2. The Balaban J connectivity index is 1.74. The van der Waals surface area contributed by atoms with Gasteiger partial charge in [0.2, 0.25) is 0 Å². The molecule has 0 radical (unpaired) electrons. The summed E-state index contributed by atoms with van der Waals surface area (Å²) in [6.45, 7) is 2.71. The second-order valence-corrected chi connectivity index (χ2v) is 6.50. The number of nitrogens with zero attached hydrogens (tertiary/aromatic N) is 3. The van der Waals surface area contributed by atoms with Crippen molar-refractivity contribution < 1.29 is 22.4 Å². The molecule has 0 unspecified atom stereocenters. The first kappa shape index (κ1) is 20.6. The summed E-state index contributed by atoms with van der Waals surface area (Å²) in [5.41, 5.74) is 0.217. The molecule has 1 aromatic heterocycles. The standard InChI is InChI=1S/C21H19F4N3O/c1-2-27(20(29)16-4-3-5-18(22)12-16)14-19-26-10-11-28(19)13-15-6-8-17(9-7-15)21(23,24)25/h3-12H,2,13-14H2,1H3. The molecule has 3 rings (SSSR count). The highest BCUT2D eigenvalue weighted by molar-refractivity contribution is 5.94. The van der Waals surface area contributed by atoms with Crippen LogP contribution in [0, 0.1) is 5.82 Å². The molecule has 0 aliphatic heterocycles. The fourth-order valence-corrected chi connectivity index (χ4v) is 2.93. The van der Waals surface area contributed by atoms with E-state index in [4.69, 9.17) is 0 Å². The van der Waals surface area contributed by atoms with E-state index < -0.39 is 17.6 Å². The second-order valence-electron chi connectivity index (χ2n) is 6.50. The zero-order chi connectivity index (χ0) is 21.0. The minimum absolute atomic E-state index is 0.194. The SMILES string of the molecule is CCN(Cc1nccn1Cc1ccc(C(F)(F)F)cc1)C(=O)c1cccc(F)c1. The van der Waals surface area contributed by atoms with Crippen LogP contribution >= 0.6 is 0 Å². The van der Waals surface area contributed by atoms with Crippen LogP contribution in [0.1, 0.15) is 34.2 Å². The van der Waals surface area contributed by atoms with Gasteiger partial charge in [0.1, 0.15) is 11.6 Å². The predicted molar refractivity (Wildman–Crippen MR) is 99.6 cm³/mol. The first-order valence-corrected chi connectivity index (χ1v) is 8.99. The molecule has 29 heavy (non-hydrogen) atoms. The van der Waals surface area contributed by atoms with Crippen molar-refractivity contribution in [2.24, 2.45) is 0 Å². The highest BCUT2D eigenvalue weighted by Gasteiger charge is 2.29. The number of hydrogen-bond donors (Lipinski definition) is 0. The molecule has 0 bridgehead atoms. The average molecular weight is 405 g/mol. The third-order valence-electron chi connectivity index (χ3n) is 4.51. The van der Waals surface area contributed by atoms with Gasteiger partial charge in [-0.25, -0.2) is 9.37 Å². The Morgan fingerprint density at radius 2 is 1.86 bits per heavy atom. The maximum atomic E-state index is 13.4.